The van der Waals surface area contributed by atoms with Crippen molar-refractivity contribution in [1.29, 1.82) is 0 Å². The number of aryl methyl sites for hydroxylation is 2. The van der Waals surface area contributed by atoms with Crippen LogP contribution in [0.3, 0.4) is 0 Å². The number of benzene rings is 3. The van der Waals surface area contributed by atoms with Crippen LogP contribution in [-0.2, 0) is 27.2 Å². The van der Waals surface area contributed by atoms with Crippen molar-refractivity contribution < 1.29 is 29.0 Å². The first kappa shape index (κ1) is 36.2. The van der Waals surface area contributed by atoms with E-state index in [1.807, 2.05) is 56.3 Å². The number of Topliss-reactive ketones (excluding diaryl/α,β-unsaturated/α-hetero) is 1. The lowest BCUT2D eigenvalue weighted by molar-refractivity contribution is -0.150. The minimum Gasteiger partial charge on any atom is -0.493 e. The number of nitrogens with one attached hydrogen (secondary N) is 2. The van der Waals surface area contributed by atoms with E-state index >= 15 is 0 Å². The quantitative estimate of drug-likeness (QED) is 0.116. The van der Waals surface area contributed by atoms with Gasteiger partial charge in [-0.05, 0) is 83.1 Å². The highest BCUT2D eigenvalue weighted by atomic mass is 79.9. The third-order valence-electron chi connectivity index (χ3n) is 9.03. The van der Waals surface area contributed by atoms with E-state index in [4.69, 9.17) is 9.47 Å². The highest BCUT2D eigenvalue weighted by molar-refractivity contribution is 9.10. The fraction of sp³-hybridized carbons (Fsp3) is 0.447. The van der Waals surface area contributed by atoms with Crippen LogP contribution in [0.4, 0.5) is 11.4 Å². The van der Waals surface area contributed by atoms with E-state index in [0.717, 1.165) is 36.8 Å². The van der Waals surface area contributed by atoms with Crippen molar-refractivity contribution in [2.45, 2.75) is 84.2 Å². The highest BCUT2D eigenvalue weighted by Crippen LogP contribution is 2.49. The van der Waals surface area contributed by atoms with Crippen molar-refractivity contribution in [3.05, 3.63) is 81.8 Å². The van der Waals surface area contributed by atoms with Crippen LogP contribution < -0.4 is 20.1 Å². The fourth-order valence-corrected chi connectivity index (χ4v) is 7.16. The molecule has 3 aromatic rings. The number of para-hydroxylation sites is 2. The summed E-state index contributed by atoms with van der Waals surface area (Å²) in [6, 6.07) is 18.4. The Bertz CT molecular complexity index is 1570. The molecule has 0 saturated heterocycles. The molecule has 1 saturated carbocycles. The normalized spacial score (nSPS) is 20.8. The standard InChI is InChI=1S/C38H47BrN2O6/c1-6-9-10-15-20-47-35-27(39)21-26(22-31(35)46-5)32-33(36(43)40-28-18-13-11-16-24(28)7-2)30(42)23-38(4,45)34(32)37(44)41-29-19-14-12-17-25(29)8-3/h11-14,16-19,21-22,32-34,45H,6-10,15,20,23H2,1-5H3,(H,40,43)(H,41,44). The molecule has 252 valence electrons. The third-order valence-corrected chi connectivity index (χ3v) is 9.61. The minimum absolute atomic E-state index is 0.359. The summed E-state index contributed by atoms with van der Waals surface area (Å²) >= 11 is 3.64. The molecule has 4 unspecified atom stereocenters. The summed E-state index contributed by atoms with van der Waals surface area (Å²) in [6.07, 6.45) is 5.17. The van der Waals surface area contributed by atoms with Crippen molar-refractivity contribution in [3.8, 4) is 11.5 Å². The van der Waals surface area contributed by atoms with Crippen molar-refractivity contribution in [2.75, 3.05) is 24.4 Å². The van der Waals surface area contributed by atoms with Gasteiger partial charge in [0.25, 0.3) is 0 Å². The summed E-state index contributed by atoms with van der Waals surface area (Å²) in [5.74, 6) is -4.03. The summed E-state index contributed by atoms with van der Waals surface area (Å²) in [7, 11) is 1.52. The van der Waals surface area contributed by atoms with Crippen LogP contribution in [0, 0.1) is 11.8 Å². The molecule has 1 fully saturated rings. The molecule has 1 aliphatic rings. The molecular weight excluding hydrogens is 660 g/mol. The van der Waals surface area contributed by atoms with E-state index in [1.54, 1.807) is 18.2 Å². The predicted molar refractivity (Wildman–Crippen MR) is 189 cm³/mol. The second-order valence-corrected chi connectivity index (χ2v) is 13.3. The number of aliphatic hydroxyl groups is 1. The Balaban J connectivity index is 1.82. The lowest BCUT2D eigenvalue weighted by atomic mass is 9.61. The summed E-state index contributed by atoms with van der Waals surface area (Å²) in [4.78, 5) is 42.4. The molecule has 0 aromatic heterocycles. The van der Waals surface area contributed by atoms with Crippen LogP contribution in [0.25, 0.3) is 0 Å². The summed E-state index contributed by atoms with van der Waals surface area (Å²) < 4.78 is 12.4. The van der Waals surface area contributed by atoms with Crippen LogP contribution in [0.2, 0.25) is 0 Å². The van der Waals surface area contributed by atoms with Gasteiger partial charge in [-0.15, -0.1) is 0 Å². The summed E-state index contributed by atoms with van der Waals surface area (Å²) in [6.45, 7) is 8.12. The van der Waals surface area contributed by atoms with E-state index in [1.165, 1.54) is 14.0 Å². The molecule has 2 amide bonds. The molecule has 8 nitrogen and oxygen atoms in total. The number of halogens is 1. The predicted octanol–water partition coefficient (Wildman–Crippen LogP) is 7.86. The zero-order valence-corrected chi connectivity index (χ0v) is 29.6. The Labute approximate surface area is 286 Å². The Kier molecular flexibility index (Phi) is 12.6. The van der Waals surface area contributed by atoms with E-state index in [-0.39, 0.29) is 6.42 Å². The molecule has 47 heavy (non-hydrogen) atoms. The number of hydrogen-bond donors (Lipinski definition) is 3. The Morgan fingerprint density at radius 1 is 0.915 bits per heavy atom. The van der Waals surface area contributed by atoms with Gasteiger partial charge in [0, 0.05) is 23.7 Å². The van der Waals surface area contributed by atoms with Gasteiger partial charge in [-0.25, -0.2) is 0 Å². The van der Waals surface area contributed by atoms with Crippen molar-refractivity contribution in [3.63, 3.8) is 0 Å². The average molecular weight is 708 g/mol. The van der Waals surface area contributed by atoms with Gasteiger partial charge in [0.15, 0.2) is 11.5 Å². The maximum absolute atomic E-state index is 14.3. The zero-order valence-electron chi connectivity index (χ0n) is 28.0. The van der Waals surface area contributed by atoms with Gasteiger partial charge in [0.05, 0.1) is 29.7 Å². The van der Waals surface area contributed by atoms with Gasteiger partial charge in [-0.2, -0.15) is 0 Å². The van der Waals surface area contributed by atoms with Gasteiger partial charge in [0.1, 0.15) is 11.7 Å². The Morgan fingerprint density at radius 2 is 1.51 bits per heavy atom. The third kappa shape index (κ3) is 8.43. The highest BCUT2D eigenvalue weighted by Gasteiger charge is 2.56. The number of amides is 2. The number of carbonyl (C=O) groups excluding carboxylic acids is 3. The molecule has 9 heteroatoms. The van der Waals surface area contributed by atoms with E-state index in [9.17, 15) is 19.5 Å². The van der Waals surface area contributed by atoms with Crippen LogP contribution in [0.15, 0.2) is 65.1 Å². The van der Waals surface area contributed by atoms with Crippen LogP contribution >= 0.6 is 15.9 Å². The number of ether oxygens (including phenoxy) is 2. The largest absolute Gasteiger partial charge is 0.493 e. The van der Waals surface area contributed by atoms with Gasteiger partial charge in [-0.1, -0.05) is 76.4 Å². The minimum atomic E-state index is -1.75. The number of rotatable bonds is 14. The SMILES string of the molecule is CCCCCCOc1c(Br)cc(C2C(C(=O)Nc3ccccc3CC)C(=O)CC(C)(O)C2C(=O)Nc2ccccc2CC)cc1OC. The fourth-order valence-electron chi connectivity index (χ4n) is 6.59. The number of methoxy groups -OCH3 is 1. The molecule has 0 bridgehead atoms. The van der Waals surface area contributed by atoms with E-state index in [2.05, 4.69) is 33.5 Å². The van der Waals surface area contributed by atoms with Gasteiger partial charge in [-0.3, -0.25) is 14.4 Å². The molecule has 4 atom stereocenters. The first-order valence-electron chi connectivity index (χ1n) is 16.6. The number of carbonyl (C=O) groups is 3. The lowest BCUT2D eigenvalue weighted by Crippen LogP contribution is -2.56. The van der Waals surface area contributed by atoms with Gasteiger partial charge >= 0.3 is 0 Å². The number of unbranched alkanes of at least 4 members (excludes halogenated alkanes) is 3. The van der Waals surface area contributed by atoms with Crippen molar-refractivity contribution in [2.24, 2.45) is 11.8 Å². The Hall–Kier alpha value is -3.69. The van der Waals surface area contributed by atoms with Crippen molar-refractivity contribution >= 4 is 44.9 Å². The van der Waals surface area contributed by atoms with E-state index in [0.29, 0.717) is 52.4 Å². The molecule has 0 aliphatic heterocycles. The maximum atomic E-state index is 14.3. The van der Waals surface area contributed by atoms with Gasteiger partial charge < -0.3 is 25.2 Å². The van der Waals surface area contributed by atoms with Crippen LogP contribution in [-0.4, -0.2) is 42.0 Å². The topological polar surface area (TPSA) is 114 Å². The number of anilines is 2. The summed E-state index contributed by atoms with van der Waals surface area (Å²) in [5.41, 5.74) is 1.82. The number of ketones is 1. The van der Waals surface area contributed by atoms with Gasteiger partial charge in [0.2, 0.25) is 11.8 Å². The van der Waals surface area contributed by atoms with Crippen LogP contribution in [0.5, 0.6) is 11.5 Å². The molecule has 3 N–H and O–H groups in total. The zero-order chi connectivity index (χ0) is 34.1. The average Bonchev–Trinajstić information content (AvgIpc) is 3.04. The molecule has 4 rings (SSSR count). The summed E-state index contributed by atoms with van der Waals surface area (Å²) in [5, 5.41) is 17.8. The molecule has 1 aliphatic carbocycles. The monoisotopic (exact) mass is 706 g/mol. The lowest BCUT2D eigenvalue weighted by Gasteiger charge is -2.44. The van der Waals surface area contributed by atoms with Crippen molar-refractivity contribution in [1.82, 2.24) is 0 Å². The first-order chi connectivity index (χ1) is 22.6. The molecule has 0 radical (unpaired) electrons. The molecule has 0 spiro atoms. The van der Waals surface area contributed by atoms with Crippen LogP contribution in [0.1, 0.15) is 82.4 Å². The maximum Gasteiger partial charge on any atom is 0.235 e. The first-order valence-corrected chi connectivity index (χ1v) is 17.4. The molecule has 0 heterocycles. The second kappa shape index (κ2) is 16.4. The number of hydrogen-bond acceptors (Lipinski definition) is 6. The molecule has 3 aromatic carbocycles. The van der Waals surface area contributed by atoms with E-state index < -0.39 is 41.0 Å². The second-order valence-electron chi connectivity index (χ2n) is 12.4. The molecular formula is C38H47BrN2O6. The smallest absolute Gasteiger partial charge is 0.235 e. The Morgan fingerprint density at radius 3 is 2.09 bits per heavy atom.